The molecule has 1 heterocycles. The maximum absolute atomic E-state index is 12.4. The first-order valence-electron chi connectivity index (χ1n) is 8.39. The Morgan fingerprint density at radius 3 is 2.34 bits per heavy atom. The summed E-state index contributed by atoms with van der Waals surface area (Å²) in [6.45, 7) is 1.74. The number of allylic oxidation sites excluding steroid dienone is 1. The summed E-state index contributed by atoms with van der Waals surface area (Å²) in [7, 11) is 0. The molecule has 2 N–H and O–H groups in total. The third kappa shape index (κ3) is 5.08. The van der Waals surface area contributed by atoms with Crippen LogP contribution in [0.3, 0.4) is 0 Å². The molecule has 0 aliphatic carbocycles. The number of hydrogen-bond donors (Lipinski definition) is 2. The predicted molar refractivity (Wildman–Crippen MR) is 110 cm³/mol. The van der Waals surface area contributed by atoms with Crippen molar-refractivity contribution in [2.75, 3.05) is 10.6 Å². The summed E-state index contributed by atoms with van der Waals surface area (Å²) < 4.78 is 0. The van der Waals surface area contributed by atoms with Crippen molar-refractivity contribution in [1.29, 1.82) is 0 Å². The van der Waals surface area contributed by atoms with Gasteiger partial charge in [0.05, 0.1) is 4.92 Å². The summed E-state index contributed by atoms with van der Waals surface area (Å²) in [5.74, 6) is -0.625. The van der Waals surface area contributed by atoms with Gasteiger partial charge in [-0.3, -0.25) is 25.0 Å². The van der Waals surface area contributed by atoms with E-state index in [0.29, 0.717) is 27.0 Å². The second-order valence-corrected chi connectivity index (χ2v) is 6.71. The third-order valence-electron chi connectivity index (χ3n) is 3.70. The van der Waals surface area contributed by atoms with Crippen molar-refractivity contribution in [3.63, 3.8) is 0 Å². The highest BCUT2D eigenvalue weighted by molar-refractivity contribution is 7.18. The van der Waals surface area contributed by atoms with Crippen LogP contribution in [0.4, 0.5) is 16.5 Å². The number of nitro groups is 1. The minimum absolute atomic E-state index is 0.0165. The van der Waals surface area contributed by atoms with Gasteiger partial charge in [0.1, 0.15) is 5.01 Å². The number of anilines is 2. The van der Waals surface area contributed by atoms with Gasteiger partial charge in [-0.2, -0.15) is 0 Å². The van der Waals surface area contributed by atoms with Crippen molar-refractivity contribution in [3.05, 3.63) is 76.4 Å². The number of rotatable bonds is 6. The molecule has 0 saturated carbocycles. The Morgan fingerprint density at radius 1 is 1.03 bits per heavy atom. The molecule has 0 bridgehead atoms. The number of carbonyl (C=O) groups is 2. The number of amides is 2. The number of nitro benzene ring substituents is 1. The zero-order valence-corrected chi connectivity index (χ0v) is 16.0. The molecule has 29 heavy (non-hydrogen) atoms. The number of non-ortho nitro benzene ring substituents is 1. The van der Waals surface area contributed by atoms with Gasteiger partial charge < -0.3 is 5.32 Å². The zero-order chi connectivity index (χ0) is 20.8. The van der Waals surface area contributed by atoms with Gasteiger partial charge in [0, 0.05) is 28.9 Å². The van der Waals surface area contributed by atoms with E-state index in [9.17, 15) is 19.7 Å². The summed E-state index contributed by atoms with van der Waals surface area (Å²) in [6.07, 6.45) is 3.03. The molecule has 0 unspecified atom stereocenters. The van der Waals surface area contributed by atoms with Gasteiger partial charge in [-0.05, 0) is 49.4 Å². The van der Waals surface area contributed by atoms with Crippen LogP contribution < -0.4 is 10.6 Å². The quantitative estimate of drug-likeness (QED) is 0.361. The van der Waals surface area contributed by atoms with Crippen molar-refractivity contribution < 1.29 is 14.5 Å². The van der Waals surface area contributed by atoms with E-state index >= 15 is 0 Å². The van der Waals surface area contributed by atoms with E-state index in [4.69, 9.17) is 0 Å². The molecule has 9 nitrogen and oxygen atoms in total. The highest BCUT2D eigenvalue weighted by Crippen LogP contribution is 2.28. The molecule has 3 aromatic rings. The van der Waals surface area contributed by atoms with Crippen molar-refractivity contribution >= 4 is 39.7 Å². The molecule has 10 heteroatoms. The lowest BCUT2D eigenvalue weighted by Crippen LogP contribution is -2.12. The van der Waals surface area contributed by atoms with Crippen LogP contribution >= 0.6 is 11.3 Å². The molecule has 0 atom stereocenters. The van der Waals surface area contributed by atoms with Gasteiger partial charge >= 0.3 is 0 Å². The third-order valence-corrected chi connectivity index (χ3v) is 4.59. The highest BCUT2D eigenvalue weighted by atomic mass is 32.1. The van der Waals surface area contributed by atoms with Crippen LogP contribution in [0.1, 0.15) is 17.3 Å². The maximum atomic E-state index is 12.4. The van der Waals surface area contributed by atoms with E-state index in [1.165, 1.54) is 18.2 Å². The highest BCUT2D eigenvalue weighted by Gasteiger charge is 2.13. The molecule has 0 fully saturated rings. The van der Waals surface area contributed by atoms with Crippen LogP contribution in [0.15, 0.2) is 60.7 Å². The van der Waals surface area contributed by atoms with Gasteiger partial charge in [-0.25, -0.2) is 0 Å². The number of aromatic nitrogens is 2. The van der Waals surface area contributed by atoms with Gasteiger partial charge in [0.25, 0.3) is 11.6 Å². The fourth-order valence-electron chi connectivity index (χ4n) is 2.33. The lowest BCUT2D eigenvalue weighted by atomic mass is 10.2. The van der Waals surface area contributed by atoms with Crippen LogP contribution in [0.25, 0.3) is 10.6 Å². The van der Waals surface area contributed by atoms with E-state index in [1.54, 1.807) is 49.4 Å². The Kier molecular flexibility index (Phi) is 6.05. The monoisotopic (exact) mass is 409 g/mol. The second kappa shape index (κ2) is 8.85. The van der Waals surface area contributed by atoms with Gasteiger partial charge in [-0.15, -0.1) is 10.2 Å². The summed E-state index contributed by atoms with van der Waals surface area (Å²) in [6, 6.07) is 12.3. The molecule has 1 aromatic heterocycles. The summed E-state index contributed by atoms with van der Waals surface area (Å²) in [5.41, 5.74) is 1.61. The van der Waals surface area contributed by atoms with Crippen molar-refractivity contribution in [2.24, 2.45) is 0 Å². The first kappa shape index (κ1) is 19.8. The molecule has 146 valence electrons. The molecule has 0 aliphatic rings. The standard InChI is InChI=1S/C19H15N5O4S/c1-2-3-16(25)20-14-8-4-12(5-9-14)17(26)21-19-23-22-18(29-19)13-6-10-15(11-7-13)24(27)28/h2-11H,1H3,(H,20,25)(H,21,23,26)/b3-2+. The first-order chi connectivity index (χ1) is 14.0. The largest absolute Gasteiger partial charge is 0.323 e. The average molecular weight is 409 g/mol. The smallest absolute Gasteiger partial charge is 0.269 e. The summed E-state index contributed by atoms with van der Waals surface area (Å²) >= 11 is 1.15. The topological polar surface area (TPSA) is 127 Å². The van der Waals surface area contributed by atoms with Crippen LogP contribution in [-0.2, 0) is 4.79 Å². The SMILES string of the molecule is C/C=C/C(=O)Nc1ccc(C(=O)Nc2nnc(-c3ccc([N+](=O)[O-])cc3)s2)cc1. The number of nitrogens with one attached hydrogen (secondary N) is 2. The van der Waals surface area contributed by atoms with E-state index in [0.717, 1.165) is 11.3 Å². The van der Waals surface area contributed by atoms with Crippen LogP contribution in [0, 0.1) is 10.1 Å². The molecule has 0 radical (unpaired) electrons. The minimum atomic E-state index is -0.479. The molecular formula is C19H15N5O4S. The number of carbonyl (C=O) groups excluding carboxylic acids is 2. The normalized spacial score (nSPS) is 10.7. The van der Waals surface area contributed by atoms with Crippen molar-refractivity contribution in [1.82, 2.24) is 10.2 Å². The number of nitrogens with zero attached hydrogens (tertiary/aromatic N) is 3. The van der Waals surface area contributed by atoms with Gasteiger partial charge in [0.15, 0.2) is 0 Å². The fraction of sp³-hybridized carbons (Fsp3) is 0.0526. The lowest BCUT2D eigenvalue weighted by molar-refractivity contribution is -0.384. The number of benzene rings is 2. The summed E-state index contributed by atoms with van der Waals surface area (Å²) in [4.78, 5) is 34.1. The van der Waals surface area contributed by atoms with E-state index in [1.807, 2.05) is 0 Å². The Bertz CT molecular complexity index is 1070. The van der Waals surface area contributed by atoms with Gasteiger partial charge in [-0.1, -0.05) is 17.4 Å². The zero-order valence-electron chi connectivity index (χ0n) is 15.2. The predicted octanol–water partition coefficient (Wildman–Crippen LogP) is 3.88. The first-order valence-corrected chi connectivity index (χ1v) is 9.21. The van der Waals surface area contributed by atoms with Crippen LogP contribution in [0.2, 0.25) is 0 Å². The Balaban J connectivity index is 1.65. The van der Waals surface area contributed by atoms with E-state index in [-0.39, 0.29) is 17.5 Å². The van der Waals surface area contributed by atoms with Crippen molar-refractivity contribution in [3.8, 4) is 10.6 Å². The number of hydrogen-bond acceptors (Lipinski definition) is 7. The van der Waals surface area contributed by atoms with Crippen LogP contribution in [0.5, 0.6) is 0 Å². The van der Waals surface area contributed by atoms with Gasteiger partial charge in [0.2, 0.25) is 11.0 Å². The Morgan fingerprint density at radius 2 is 1.72 bits per heavy atom. The Hall–Kier alpha value is -3.92. The second-order valence-electron chi connectivity index (χ2n) is 5.74. The molecule has 0 aliphatic heterocycles. The molecule has 0 spiro atoms. The Labute approximate surface area is 169 Å². The molecule has 0 saturated heterocycles. The lowest BCUT2D eigenvalue weighted by Gasteiger charge is -2.04. The van der Waals surface area contributed by atoms with Crippen LogP contribution in [-0.4, -0.2) is 26.9 Å². The average Bonchev–Trinajstić information content (AvgIpc) is 3.17. The van der Waals surface area contributed by atoms with Crippen molar-refractivity contribution in [2.45, 2.75) is 6.92 Å². The minimum Gasteiger partial charge on any atom is -0.323 e. The molecule has 2 amide bonds. The molecular weight excluding hydrogens is 394 g/mol. The van der Waals surface area contributed by atoms with E-state index in [2.05, 4.69) is 20.8 Å². The summed E-state index contributed by atoms with van der Waals surface area (Å²) in [5, 5.41) is 24.8. The fourth-order valence-corrected chi connectivity index (χ4v) is 3.07. The maximum Gasteiger partial charge on any atom is 0.269 e. The molecule has 2 aromatic carbocycles. The van der Waals surface area contributed by atoms with E-state index < -0.39 is 4.92 Å². The molecule has 3 rings (SSSR count).